The van der Waals surface area contributed by atoms with E-state index in [-0.39, 0.29) is 18.0 Å². The molecule has 1 aliphatic rings. The third kappa shape index (κ3) is 3.87. The number of carbonyl (C=O) groups excluding carboxylic acids is 2. The van der Waals surface area contributed by atoms with Gasteiger partial charge in [0.1, 0.15) is 0 Å². The molecule has 0 unspecified atom stereocenters. The summed E-state index contributed by atoms with van der Waals surface area (Å²) in [6, 6.07) is -0.187. The van der Waals surface area contributed by atoms with E-state index < -0.39 is 0 Å². The molecule has 0 bridgehead atoms. The van der Waals surface area contributed by atoms with Crippen molar-refractivity contribution in [3.8, 4) is 0 Å². The number of nitrogens with one attached hydrogen (secondary N) is 2. The van der Waals surface area contributed by atoms with E-state index >= 15 is 0 Å². The number of carbonyl (C=O) groups is 2. The molecule has 1 aliphatic heterocycles. The van der Waals surface area contributed by atoms with E-state index in [0.29, 0.717) is 19.7 Å². The van der Waals surface area contributed by atoms with E-state index in [2.05, 4.69) is 10.4 Å². The molecule has 1 aromatic heterocycles. The Kier molecular flexibility index (Phi) is 5.82. The molecule has 8 nitrogen and oxygen atoms in total. The van der Waals surface area contributed by atoms with Crippen LogP contribution in [0.2, 0.25) is 0 Å². The van der Waals surface area contributed by atoms with Crippen LogP contribution in [0.3, 0.4) is 0 Å². The van der Waals surface area contributed by atoms with Gasteiger partial charge in [-0.3, -0.25) is 14.4 Å². The summed E-state index contributed by atoms with van der Waals surface area (Å²) in [6.07, 6.45) is -0.268. The van der Waals surface area contributed by atoms with Crippen LogP contribution in [0.5, 0.6) is 0 Å². The lowest BCUT2D eigenvalue weighted by Gasteiger charge is -2.34. The van der Waals surface area contributed by atoms with Gasteiger partial charge in [0.15, 0.2) is 6.04 Å². The average Bonchev–Trinajstić information content (AvgIpc) is 2.80. The summed E-state index contributed by atoms with van der Waals surface area (Å²) < 4.78 is 6.79. The summed E-state index contributed by atoms with van der Waals surface area (Å²) in [5, 5.41) is 7.32. The maximum absolute atomic E-state index is 12.6. The lowest BCUT2D eigenvalue weighted by Crippen LogP contribution is -3.19. The average molecular weight is 338 g/mol. The first-order valence-corrected chi connectivity index (χ1v) is 8.42. The normalized spacial score (nSPS) is 16.8. The van der Waals surface area contributed by atoms with Gasteiger partial charge in [-0.1, -0.05) is 0 Å². The van der Waals surface area contributed by atoms with Crippen molar-refractivity contribution < 1.29 is 19.2 Å². The quantitative estimate of drug-likeness (QED) is 0.791. The molecule has 0 spiro atoms. The van der Waals surface area contributed by atoms with Gasteiger partial charge in [-0.2, -0.15) is 5.10 Å². The van der Waals surface area contributed by atoms with Crippen molar-refractivity contribution in [3.05, 3.63) is 11.4 Å². The minimum atomic E-state index is -0.268. The molecular weight excluding hydrogens is 310 g/mol. The molecule has 0 saturated carbocycles. The predicted molar refractivity (Wildman–Crippen MR) is 90.1 cm³/mol. The number of rotatable bonds is 4. The first kappa shape index (κ1) is 18.3. The van der Waals surface area contributed by atoms with Crippen molar-refractivity contribution in [3.63, 3.8) is 0 Å². The van der Waals surface area contributed by atoms with Gasteiger partial charge in [0.05, 0.1) is 49.9 Å². The molecule has 1 fully saturated rings. The van der Waals surface area contributed by atoms with E-state index in [0.717, 1.165) is 30.2 Å². The molecule has 2 amide bonds. The third-order valence-electron chi connectivity index (χ3n) is 4.69. The van der Waals surface area contributed by atoms with Crippen LogP contribution in [0.15, 0.2) is 0 Å². The van der Waals surface area contributed by atoms with Crippen LogP contribution in [-0.4, -0.2) is 65.5 Å². The van der Waals surface area contributed by atoms with Gasteiger partial charge in [-0.05, 0) is 27.7 Å². The number of quaternary nitrogens is 1. The van der Waals surface area contributed by atoms with Gasteiger partial charge in [0.25, 0.3) is 5.91 Å². The van der Waals surface area contributed by atoms with Crippen LogP contribution in [-0.2, 0) is 16.6 Å². The van der Waals surface area contributed by atoms with E-state index in [1.54, 1.807) is 16.5 Å². The standard InChI is InChI=1S/C16H27N5O3/c1-6-24-16(23)21-9-7-20(8-10-21)13(4)15(22)17-14-11(2)18-19(5)12(14)3/h13H,6-10H2,1-5H3,(H,17,22)/p+1/t13-/m0/s1. The molecule has 134 valence electrons. The molecule has 1 saturated heterocycles. The Balaban J connectivity index is 1.91. The van der Waals surface area contributed by atoms with E-state index in [1.165, 1.54) is 4.90 Å². The number of anilines is 1. The summed E-state index contributed by atoms with van der Waals surface area (Å²) >= 11 is 0. The van der Waals surface area contributed by atoms with Gasteiger partial charge in [0.2, 0.25) is 0 Å². The number of hydrogen-bond donors (Lipinski definition) is 2. The second kappa shape index (κ2) is 7.65. The molecule has 2 N–H and O–H groups in total. The number of amides is 2. The molecule has 8 heteroatoms. The fourth-order valence-corrected chi connectivity index (χ4v) is 3.00. The SMILES string of the molecule is CCOC(=O)N1CC[NH+]([C@@H](C)C(=O)Nc2c(C)nn(C)c2C)CC1. The number of aryl methyl sites for hydroxylation is 2. The fourth-order valence-electron chi connectivity index (χ4n) is 3.00. The highest BCUT2D eigenvalue weighted by molar-refractivity contribution is 5.94. The first-order valence-electron chi connectivity index (χ1n) is 8.42. The van der Waals surface area contributed by atoms with Gasteiger partial charge < -0.3 is 15.0 Å². The summed E-state index contributed by atoms with van der Waals surface area (Å²) in [5.41, 5.74) is 2.55. The van der Waals surface area contributed by atoms with Crippen LogP contribution in [0, 0.1) is 13.8 Å². The van der Waals surface area contributed by atoms with Crippen LogP contribution in [0.1, 0.15) is 25.2 Å². The third-order valence-corrected chi connectivity index (χ3v) is 4.69. The number of aromatic nitrogens is 2. The van der Waals surface area contributed by atoms with Gasteiger partial charge in [0, 0.05) is 7.05 Å². The maximum atomic E-state index is 12.6. The molecule has 24 heavy (non-hydrogen) atoms. The van der Waals surface area contributed by atoms with Gasteiger partial charge in [-0.25, -0.2) is 4.79 Å². The Morgan fingerprint density at radius 1 is 1.33 bits per heavy atom. The molecule has 0 aliphatic carbocycles. The zero-order chi connectivity index (χ0) is 17.9. The monoisotopic (exact) mass is 338 g/mol. The Labute approximate surface area is 142 Å². The second-order valence-corrected chi connectivity index (χ2v) is 6.22. The number of nitrogens with zero attached hydrogens (tertiary/aromatic N) is 3. The van der Waals surface area contributed by atoms with Gasteiger partial charge in [-0.15, -0.1) is 0 Å². The first-order chi connectivity index (χ1) is 11.3. The van der Waals surface area contributed by atoms with Crippen LogP contribution in [0.4, 0.5) is 10.5 Å². The summed E-state index contributed by atoms with van der Waals surface area (Å²) in [4.78, 5) is 27.2. The summed E-state index contributed by atoms with van der Waals surface area (Å²) in [5.74, 6) is -0.0196. The van der Waals surface area contributed by atoms with Crippen LogP contribution < -0.4 is 10.2 Å². The van der Waals surface area contributed by atoms with E-state index in [9.17, 15) is 9.59 Å². The topological polar surface area (TPSA) is 80.9 Å². The Hall–Kier alpha value is -2.09. The lowest BCUT2D eigenvalue weighted by molar-refractivity contribution is -0.917. The van der Waals surface area contributed by atoms with Crippen molar-refractivity contribution in [2.24, 2.45) is 7.05 Å². The minimum absolute atomic E-state index is 0.0196. The number of piperazine rings is 1. The smallest absolute Gasteiger partial charge is 0.410 e. The second-order valence-electron chi connectivity index (χ2n) is 6.22. The molecule has 2 heterocycles. The molecule has 0 radical (unpaired) electrons. The van der Waals surface area contributed by atoms with Crippen molar-refractivity contribution in [1.82, 2.24) is 14.7 Å². The summed E-state index contributed by atoms with van der Waals surface area (Å²) in [6.45, 7) is 10.6. The zero-order valence-electron chi connectivity index (χ0n) is 15.2. The van der Waals surface area contributed by atoms with Crippen molar-refractivity contribution in [2.75, 3.05) is 38.1 Å². The minimum Gasteiger partial charge on any atom is -0.450 e. The van der Waals surface area contributed by atoms with E-state index in [1.807, 2.05) is 27.8 Å². The largest absolute Gasteiger partial charge is 0.450 e. The highest BCUT2D eigenvalue weighted by Gasteiger charge is 2.31. The number of ether oxygens (including phenoxy) is 1. The maximum Gasteiger partial charge on any atom is 0.410 e. The Morgan fingerprint density at radius 3 is 2.46 bits per heavy atom. The van der Waals surface area contributed by atoms with Crippen molar-refractivity contribution >= 4 is 17.7 Å². The van der Waals surface area contributed by atoms with Crippen LogP contribution in [0.25, 0.3) is 0 Å². The van der Waals surface area contributed by atoms with E-state index in [4.69, 9.17) is 4.74 Å². The highest BCUT2D eigenvalue weighted by Crippen LogP contribution is 2.18. The van der Waals surface area contributed by atoms with Gasteiger partial charge >= 0.3 is 6.09 Å². The predicted octanol–water partition coefficient (Wildman–Crippen LogP) is -0.279. The molecule has 1 atom stereocenters. The molecular formula is C16H28N5O3+. The molecule has 1 aromatic rings. The van der Waals surface area contributed by atoms with Crippen LogP contribution >= 0.6 is 0 Å². The van der Waals surface area contributed by atoms with Crippen molar-refractivity contribution in [2.45, 2.75) is 33.7 Å². The van der Waals surface area contributed by atoms with Crippen molar-refractivity contribution in [1.29, 1.82) is 0 Å². The Bertz CT molecular complexity index is 605. The number of hydrogen-bond acceptors (Lipinski definition) is 4. The molecule has 2 rings (SSSR count). The zero-order valence-corrected chi connectivity index (χ0v) is 15.2. The summed E-state index contributed by atoms with van der Waals surface area (Å²) in [7, 11) is 1.86. The Morgan fingerprint density at radius 2 is 1.96 bits per heavy atom. The highest BCUT2D eigenvalue weighted by atomic mass is 16.6. The molecule has 0 aromatic carbocycles. The lowest BCUT2D eigenvalue weighted by atomic mass is 10.2. The fraction of sp³-hybridized carbons (Fsp3) is 0.688.